The maximum Gasteiger partial charge on any atom is 1.00 e. The zero-order valence-electron chi connectivity index (χ0n) is 8.04. The Balaban J connectivity index is -0.000000218. The van der Waals surface area contributed by atoms with Gasteiger partial charge in [-0.15, -0.1) is 0 Å². The molecule has 14 heavy (non-hydrogen) atoms. The molecule has 0 bridgehead atoms. The second-order valence-corrected chi connectivity index (χ2v) is 1.74. The standard InChI is InChI=1S/C7H6O2.N3.2Na/c8-7(9)6-4-2-1-3-5-6;1-3-2;;/h1-5H,(H,8,9);;;/q;-1;2*+1/p-1. The van der Waals surface area contributed by atoms with Gasteiger partial charge in [-0.05, 0) is 5.56 Å². The van der Waals surface area contributed by atoms with Gasteiger partial charge in [0.25, 0.3) is 0 Å². The average molecular weight is 209 g/mol. The van der Waals surface area contributed by atoms with Crippen molar-refractivity contribution in [1.82, 2.24) is 0 Å². The quantitative estimate of drug-likeness (QED) is 0.200. The van der Waals surface area contributed by atoms with Gasteiger partial charge in [0, 0.05) is 0 Å². The van der Waals surface area contributed by atoms with Crippen molar-refractivity contribution in [2.75, 3.05) is 0 Å². The fourth-order valence-corrected chi connectivity index (χ4v) is 0.574. The average Bonchev–Trinajstić information content (AvgIpc) is 2.07. The van der Waals surface area contributed by atoms with E-state index in [9.17, 15) is 9.90 Å². The Morgan fingerprint density at radius 3 is 1.71 bits per heavy atom. The van der Waals surface area contributed by atoms with Gasteiger partial charge in [-0.1, -0.05) is 30.3 Å². The maximum absolute atomic E-state index is 10.1. The molecule has 0 unspecified atom stereocenters. The number of benzene rings is 1. The Morgan fingerprint density at radius 1 is 1.14 bits per heavy atom. The van der Waals surface area contributed by atoms with Crippen molar-refractivity contribution >= 4 is 5.97 Å². The van der Waals surface area contributed by atoms with Crippen LogP contribution in [0.1, 0.15) is 10.4 Å². The normalized spacial score (nSPS) is 6.29. The Kier molecular flexibility index (Phi) is 18.2. The summed E-state index contributed by atoms with van der Waals surface area (Å²) in [6.45, 7) is 0. The second-order valence-electron chi connectivity index (χ2n) is 1.74. The van der Waals surface area contributed by atoms with Crippen LogP contribution in [0.3, 0.4) is 0 Å². The molecule has 0 amide bonds. The van der Waals surface area contributed by atoms with E-state index in [1.807, 2.05) is 0 Å². The van der Waals surface area contributed by atoms with Crippen molar-refractivity contribution < 1.29 is 69.0 Å². The van der Waals surface area contributed by atoms with E-state index in [1.54, 1.807) is 18.2 Å². The first-order chi connectivity index (χ1) is 5.72. The maximum atomic E-state index is 10.1. The summed E-state index contributed by atoms with van der Waals surface area (Å²) >= 11 is 0. The molecule has 0 saturated carbocycles. The van der Waals surface area contributed by atoms with E-state index in [-0.39, 0.29) is 64.7 Å². The summed E-state index contributed by atoms with van der Waals surface area (Å²) in [6.07, 6.45) is 0. The van der Waals surface area contributed by atoms with Crippen LogP contribution in [-0.2, 0) is 0 Å². The molecule has 7 heteroatoms. The van der Waals surface area contributed by atoms with Gasteiger partial charge in [0.1, 0.15) is 0 Å². The summed E-state index contributed by atoms with van der Waals surface area (Å²) in [6, 6.07) is 8.06. The minimum Gasteiger partial charge on any atom is -0.545 e. The van der Waals surface area contributed by atoms with Crippen molar-refractivity contribution in [2.45, 2.75) is 0 Å². The van der Waals surface area contributed by atoms with Gasteiger partial charge in [-0.25, -0.2) is 0 Å². The number of nitrogens with zero attached hydrogens (tertiary/aromatic N) is 3. The largest absolute Gasteiger partial charge is 1.00 e. The predicted molar refractivity (Wildman–Crippen MR) is 40.8 cm³/mol. The first kappa shape index (κ1) is 19.6. The molecule has 5 nitrogen and oxygen atoms in total. The second kappa shape index (κ2) is 13.0. The van der Waals surface area contributed by atoms with Crippen molar-refractivity contribution in [1.29, 1.82) is 0 Å². The summed E-state index contributed by atoms with van der Waals surface area (Å²) in [5.41, 5.74) is 13.7. The van der Waals surface area contributed by atoms with Gasteiger partial charge in [0.05, 0.1) is 5.97 Å². The van der Waals surface area contributed by atoms with Crippen molar-refractivity contribution in [2.24, 2.45) is 0 Å². The minimum atomic E-state index is -1.13. The van der Waals surface area contributed by atoms with Gasteiger partial charge in [0.15, 0.2) is 0 Å². The van der Waals surface area contributed by atoms with Crippen molar-refractivity contribution in [3.8, 4) is 0 Å². The van der Waals surface area contributed by atoms with Gasteiger partial charge in [-0.2, -0.15) is 0 Å². The van der Waals surface area contributed by atoms with E-state index in [4.69, 9.17) is 11.1 Å². The summed E-state index contributed by atoms with van der Waals surface area (Å²) in [5.74, 6) is -1.13. The zero-order valence-corrected chi connectivity index (χ0v) is 12.0. The molecule has 0 aromatic heterocycles. The summed E-state index contributed by atoms with van der Waals surface area (Å²) in [7, 11) is 0. The third-order valence-electron chi connectivity index (χ3n) is 1.01. The molecular weight excluding hydrogens is 204 g/mol. The fourth-order valence-electron chi connectivity index (χ4n) is 0.574. The molecule has 0 saturated heterocycles. The molecule has 0 aliphatic carbocycles. The third-order valence-corrected chi connectivity index (χ3v) is 1.01. The molecule has 0 heterocycles. The number of aromatic carboxylic acids is 1. The molecule has 1 aromatic carbocycles. The van der Waals surface area contributed by atoms with E-state index in [0.29, 0.717) is 0 Å². The Morgan fingerprint density at radius 2 is 1.50 bits per heavy atom. The molecule has 0 aliphatic heterocycles. The van der Waals surface area contributed by atoms with Crippen LogP contribution in [0.25, 0.3) is 16.0 Å². The monoisotopic (exact) mass is 209 g/mol. The molecule has 1 rings (SSSR count). The summed E-state index contributed by atoms with van der Waals surface area (Å²) < 4.78 is 0. The van der Waals surface area contributed by atoms with Crippen LogP contribution in [0.15, 0.2) is 30.3 Å². The molecule has 0 N–H and O–H groups in total. The number of carboxylic acids is 1. The van der Waals surface area contributed by atoms with Gasteiger partial charge >= 0.3 is 59.1 Å². The van der Waals surface area contributed by atoms with Crippen molar-refractivity contribution in [3.63, 3.8) is 0 Å². The smallest absolute Gasteiger partial charge is 0.545 e. The SMILES string of the molecule is O=C([O-])c1ccccc1.[N-]=[N+]=[N-].[Na+].[Na+]. The first-order valence-electron chi connectivity index (χ1n) is 2.97. The van der Waals surface area contributed by atoms with E-state index in [2.05, 4.69) is 0 Å². The number of rotatable bonds is 1. The molecule has 0 spiro atoms. The van der Waals surface area contributed by atoms with Gasteiger partial charge in [-0.3, -0.25) is 4.91 Å². The van der Waals surface area contributed by atoms with Crippen LogP contribution >= 0.6 is 0 Å². The van der Waals surface area contributed by atoms with Crippen LogP contribution in [0.2, 0.25) is 0 Å². The Labute approximate surface area is 126 Å². The van der Waals surface area contributed by atoms with E-state index in [0.717, 1.165) is 0 Å². The number of hydrogen-bond acceptors (Lipinski definition) is 2. The van der Waals surface area contributed by atoms with Gasteiger partial charge < -0.3 is 21.0 Å². The molecular formula is C7H5N3Na2O2. The van der Waals surface area contributed by atoms with E-state index in [1.165, 1.54) is 17.0 Å². The van der Waals surface area contributed by atoms with Crippen molar-refractivity contribution in [3.05, 3.63) is 51.9 Å². The van der Waals surface area contributed by atoms with Crippen LogP contribution < -0.4 is 64.2 Å². The van der Waals surface area contributed by atoms with E-state index >= 15 is 0 Å². The Bertz CT molecular complexity index is 286. The zero-order chi connectivity index (χ0) is 9.40. The molecule has 1 aromatic rings. The Hall–Kier alpha value is 0. The van der Waals surface area contributed by atoms with Crippen LogP contribution in [0.4, 0.5) is 0 Å². The van der Waals surface area contributed by atoms with Crippen LogP contribution in [0.5, 0.6) is 0 Å². The summed E-state index contributed by atoms with van der Waals surface area (Å²) in [5, 5.41) is 10.1. The summed E-state index contributed by atoms with van der Waals surface area (Å²) in [4.78, 5) is 11.6. The van der Waals surface area contributed by atoms with Gasteiger partial charge in [0.2, 0.25) is 0 Å². The molecule has 0 atom stereocenters. The number of carbonyl (C=O) groups excluding carboxylic acids is 1. The van der Waals surface area contributed by atoms with Crippen LogP contribution in [-0.4, -0.2) is 5.97 Å². The fraction of sp³-hybridized carbons (Fsp3) is 0. The molecule has 0 fully saturated rings. The van der Waals surface area contributed by atoms with E-state index < -0.39 is 5.97 Å². The third kappa shape index (κ3) is 10.1. The molecule has 0 radical (unpaired) electrons. The topological polar surface area (TPSA) is 98.8 Å². The number of carboxylic acid groups (broad SMARTS) is 1. The minimum absolute atomic E-state index is 0. The molecule has 62 valence electrons. The number of hydrogen-bond donors (Lipinski definition) is 0. The molecule has 0 aliphatic rings. The predicted octanol–water partition coefficient (Wildman–Crippen LogP) is -5.08. The number of carbonyl (C=O) groups is 1. The van der Waals surface area contributed by atoms with Crippen LogP contribution in [0, 0.1) is 0 Å². The first-order valence-corrected chi connectivity index (χ1v) is 2.97.